The summed E-state index contributed by atoms with van der Waals surface area (Å²) in [5.74, 6) is -2.39. The molecule has 258 valence electrons. The first-order valence-corrected chi connectivity index (χ1v) is 17.6. The molecule has 0 unspecified atom stereocenters. The summed E-state index contributed by atoms with van der Waals surface area (Å²) < 4.78 is 34.0. The molecular formula is C35H41ClFN3O7S. The first-order chi connectivity index (χ1) is 23.1. The van der Waals surface area contributed by atoms with E-state index in [4.69, 9.17) is 25.8 Å². The van der Waals surface area contributed by atoms with Crippen molar-refractivity contribution < 1.29 is 38.1 Å². The van der Waals surface area contributed by atoms with Gasteiger partial charge in [0.15, 0.2) is 0 Å². The molecule has 6 rings (SSSR count). The van der Waals surface area contributed by atoms with Crippen LogP contribution < -0.4 is 5.32 Å². The average Bonchev–Trinajstić information content (AvgIpc) is 3.83. The minimum absolute atomic E-state index is 0.0438. The number of anilines is 1. The van der Waals surface area contributed by atoms with Gasteiger partial charge in [-0.3, -0.25) is 19.3 Å². The number of thiophene rings is 1. The van der Waals surface area contributed by atoms with Crippen molar-refractivity contribution in [2.24, 2.45) is 5.92 Å². The maximum absolute atomic E-state index is 15.5. The van der Waals surface area contributed by atoms with Gasteiger partial charge in [0.1, 0.15) is 5.82 Å². The summed E-state index contributed by atoms with van der Waals surface area (Å²) in [5.41, 5.74) is 0.745. The molecule has 0 radical (unpaired) electrons. The number of ether oxygens (including phenoxy) is 3. The molecule has 2 saturated heterocycles. The molecule has 0 bridgehead atoms. The molecule has 2 aromatic carbocycles. The Morgan fingerprint density at radius 1 is 1.04 bits per heavy atom. The monoisotopic (exact) mass is 701 g/mol. The van der Waals surface area contributed by atoms with Crippen LogP contribution in [0.4, 0.5) is 10.1 Å². The topological polar surface area (TPSA) is 118 Å². The fraction of sp³-hybridized carbons (Fsp3) is 0.514. The SMILES string of the molecule is CO[C@H]1CN([C@H]2C[C@@H](COC3CCC(C(=O)O)CC3)N(C(=O)Cc3cc(Cl)c(NC(=O)c4csc5ccccc45)cc3F)C2)C[C@@H]1OC. The number of benzene rings is 2. The number of rotatable bonds is 11. The van der Waals surface area contributed by atoms with E-state index in [1.807, 2.05) is 24.3 Å². The van der Waals surface area contributed by atoms with Crippen LogP contribution in [-0.4, -0.2) is 104 Å². The molecule has 13 heteroatoms. The van der Waals surface area contributed by atoms with Crippen molar-refractivity contribution in [3.8, 4) is 0 Å². The minimum atomic E-state index is -0.767. The number of nitrogens with zero attached hydrogens (tertiary/aromatic N) is 2. The Morgan fingerprint density at radius 2 is 1.75 bits per heavy atom. The Bertz CT molecular complexity index is 1640. The zero-order chi connectivity index (χ0) is 33.9. The van der Waals surface area contributed by atoms with E-state index in [1.54, 1.807) is 24.5 Å². The van der Waals surface area contributed by atoms with Gasteiger partial charge in [-0.15, -0.1) is 11.3 Å². The number of halogens is 2. The molecule has 1 aliphatic carbocycles. The molecule has 0 spiro atoms. The summed E-state index contributed by atoms with van der Waals surface area (Å²) >= 11 is 7.98. The Morgan fingerprint density at radius 3 is 2.44 bits per heavy atom. The predicted molar refractivity (Wildman–Crippen MR) is 181 cm³/mol. The second kappa shape index (κ2) is 15.2. The van der Waals surface area contributed by atoms with Gasteiger partial charge in [0.2, 0.25) is 5.91 Å². The molecule has 1 saturated carbocycles. The number of carboxylic acids is 1. The maximum Gasteiger partial charge on any atom is 0.306 e. The fourth-order valence-electron chi connectivity index (χ4n) is 7.29. The smallest absolute Gasteiger partial charge is 0.306 e. The van der Waals surface area contributed by atoms with Gasteiger partial charge in [-0.25, -0.2) is 4.39 Å². The van der Waals surface area contributed by atoms with Gasteiger partial charge >= 0.3 is 5.97 Å². The molecular weight excluding hydrogens is 661 g/mol. The van der Waals surface area contributed by atoms with Crippen LogP contribution in [0.2, 0.25) is 5.02 Å². The van der Waals surface area contributed by atoms with E-state index in [1.165, 1.54) is 17.4 Å². The molecule has 2 N–H and O–H groups in total. The van der Waals surface area contributed by atoms with E-state index < -0.39 is 17.7 Å². The summed E-state index contributed by atoms with van der Waals surface area (Å²) in [6, 6.07) is 9.92. The minimum Gasteiger partial charge on any atom is -0.481 e. The van der Waals surface area contributed by atoms with Crippen LogP contribution in [0.1, 0.15) is 48.0 Å². The molecule has 4 atom stereocenters. The number of methoxy groups -OCH3 is 2. The van der Waals surface area contributed by atoms with Crippen LogP contribution in [0.5, 0.6) is 0 Å². The molecule has 10 nitrogen and oxygen atoms in total. The van der Waals surface area contributed by atoms with Gasteiger partial charge < -0.3 is 29.5 Å². The summed E-state index contributed by atoms with van der Waals surface area (Å²) in [5, 5.41) is 14.8. The summed E-state index contributed by atoms with van der Waals surface area (Å²) in [6.45, 7) is 2.11. The summed E-state index contributed by atoms with van der Waals surface area (Å²) in [4.78, 5) is 42.4. The van der Waals surface area contributed by atoms with E-state index in [-0.39, 0.29) is 64.9 Å². The Labute approximate surface area is 288 Å². The Balaban J connectivity index is 1.14. The number of carbonyl (C=O) groups excluding carboxylic acids is 2. The zero-order valence-corrected chi connectivity index (χ0v) is 28.6. The number of fused-ring (bicyclic) bond motifs is 1. The lowest BCUT2D eigenvalue weighted by Gasteiger charge is -2.30. The molecule has 3 fully saturated rings. The number of nitrogens with one attached hydrogen (secondary N) is 1. The van der Waals surface area contributed by atoms with Crippen LogP contribution in [-0.2, 0) is 30.2 Å². The van der Waals surface area contributed by atoms with E-state index in [2.05, 4.69) is 10.2 Å². The molecule has 48 heavy (non-hydrogen) atoms. The van der Waals surface area contributed by atoms with Crippen molar-refractivity contribution in [3.05, 3.63) is 63.7 Å². The van der Waals surface area contributed by atoms with Gasteiger partial charge in [0.05, 0.1) is 59.6 Å². The summed E-state index contributed by atoms with van der Waals surface area (Å²) in [7, 11) is 3.34. The number of carboxylic acid groups (broad SMARTS) is 1. The first kappa shape index (κ1) is 34.7. The Hall–Kier alpha value is -3.13. The van der Waals surface area contributed by atoms with Crippen molar-refractivity contribution >= 4 is 56.5 Å². The highest BCUT2D eigenvalue weighted by Gasteiger charge is 2.43. The van der Waals surface area contributed by atoms with E-state index >= 15 is 4.39 Å². The van der Waals surface area contributed by atoms with Gasteiger partial charge in [0, 0.05) is 55.4 Å². The van der Waals surface area contributed by atoms with Crippen molar-refractivity contribution in [3.63, 3.8) is 0 Å². The van der Waals surface area contributed by atoms with Gasteiger partial charge in [-0.2, -0.15) is 0 Å². The van der Waals surface area contributed by atoms with Crippen LogP contribution in [0.25, 0.3) is 10.1 Å². The highest BCUT2D eigenvalue weighted by molar-refractivity contribution is 7.17. The van der Waals surface area contributed by atoms with Gasteiger partial charge in [-0.1, -0.05) is 29.8 Å². The number of likely N-dealkylation sites (tertiary alicyclic amines) is 2. The van der Waals surface area contributed by atoms with E-state index in [9.17, 15) is 19.5 Å². The molecule has 3 aromatic rings. The largest absolute Gasteiger partial charge is 0.481 e. The number of amides is 2. The molecule has 2 amide bonds. The van der Waals surface area contributed by atoms with Crippen molar-refractivity contribution in [2.45, 2.75) is 68.9 Å². The second-order valence-electron chi connectivity index (χ2n) is 12.9. The van der Waals surface area contributed by atoms with Crippen LogP contribution in [0.3, 0.4) is 0 Å². The van der Waals surface area contributed by atoms with Crippen molar-refractivity contribution in [1.29, 1.82) is 0 Å². The third-order valence-electron chi connectivity index (χ3n) is 10.1. The normalized spacial score (nSPS) is 26.3. The predicted octanol–water partition coefficient (Wildman–Crippen LogP) is 5.46. The maximum atomic E-state index is 15.5. The Kier molecular flexibility index (Phi) is 11.0. The molecule has 3 heterocycles. The highest BCUT2D eigenvalue weighted by atomic mass is 35.5. The third kappa shape index (κ3) is 7.54. The number of carbonyl (C=O) groups is 3. The quantitative estimate of drug-likeness (QED) is 0.271. The lowest BCUT2D eigenvalue weighted by atomic mass is 9.87. The van der Waals surface area contributed by atoms with Crippen LogP contribution >= 0.6 is 22.9 Å². The lowest BCUT2D eigenvalue weighted by molar-refractivity contribution is -0.144. The third-order valence-corrected chi connectivity index (χ3v) is 11.4. The van der Waals surface area contributed by atoms with Crippen LogP contribution in [0, 0.1) is 11.7 Å². The fourth-order valence-corrected chi connectivity index (χ4v) is 8.47. The highest BCUT2D eigenvalue weighted by Crippen LogP contribution is 2.33. The standard InChI is InChI=1S/C35H41ClFN3O7S/c1-45-30-16-39(17-31(30)46-2)22-13-23(18-47-24-9-7-20(8-10-24)35(43)44)40(15-22)33(41)12-21-11-27(36)29(14-28(21)37)38-34(42)26-19-48-32-6-4-3-5-25(26)32/h3-6,11,14,19-20,22-24,30-31H,7-10,12-13,15-18H2,1-2H3,(H,38,42)(H,43,44)/t20?,22-,23-,24?,30-,31-/m0/s1. The van der Waals surface area contributed by atoms with Crippen LogP contribution in [0.15, 0.2) is 41.8 Å². The zero-order valence-electron chi connectivity index (χ0n) is 27.0. The van der Waals surface area contributed by atoms with Gasteiger partial charge in [0.25, 0.3) is 5.91 Å². The summed E-state index contributed by atoms with van der Waals surface area (Å²) in [6.07, 6.45) is 2.71. The molecule has 3 aliphatic rings. The average molecular weight is 702 g/mol. The molecule has 2 aliphatic heterocycles. The van der Waals surface area contributed by atoms with Crippen molar-refractivity contribution in [1.82, 2.24) is 9.80 Å². The lowest BCUT2D eigenvalue weighted by Crippen LogP contribution is -2.41. The van der Waals surface area contributed by atoms with E-state index in [0.29, 0.717) is 63.9 Å². The van der Waals surface area contributed by atoms with Gasteiger partial charge in [-0.05, 0) is 55.9 Å². The number of hydrogen-bond acceptors (Lipinski definition) is 8. The second-order valence-corrected chi connectivity index (χ2v) is 14.3. The number of aliphatic carboxylic acids is 1. The first-order valence-electron chi connectivity index (χ1n) is 16.3. The molecule has 1 aromatic heterocycles. The van der Waals surface area contributed by atoms with E-state index in [0.717, 1.165) is 16.2 Å². The van der Waals surface area contributed by atoms with Crippen molar-refractivity contribution in [2.75, 3.05) is 45.8 Å². The number of hydrogen-bond donors (Lipinski definition) is 2.